The lowest BCUT2D eigenvalue weighted by Crippen LogP contribution is -2.52. The molecule has 2 atom stereocenters. The fourth-order valence-corrected chi connectivity index (χ4v) is 4.34. The SMILES string of the molecule is CC(=O)Nn1c(C)cc(CN2CC[C@@]3(O)CCCC[C@H]3C2)c1C. The van der Waals surface area contributed by atoms with Crippen LogP contribution < -0.4 is 5.43 Å². The first-order chi connectivity index (χ1) is 10.9. The Morgan fingerprint density at radius 2 is 2.17 bits per heavy atom. The van der Waals surface area contributed by atoms with E-state index in [0.717, 1.165) is 50.3 Å². The van der Waals surface area contributed by atoms with Crippen molar-refractivity contribution in [3.05, 3.63) is 23.0 Å². The second kappa shape index (κ2) is 6.29. The highest BCUT2D eigenvalue weighted by Crippen LogP contribution is 2.40. The van der Waals surface area contributed by atoms with Crippen LogP contribution >= 0.6 is 0 Å². The zero-order chi connectivity index (χ0) is 16.6. The number of aromatic nitrogens is 1. The monoisotopic (exact) mass is 319 g/mol. The van der Waals surface area contributed by atoms with Gasteiger partial charge in [-0.25, -0.2) is 0 Å². The molecule has 1 saturated heterocycles. The van der Waals surface area contributed by atoms with E-state index in [1.807, 2.05) is 11.6 Å². The summed E-state index contributed by atoms with van der Waals surface area (Å²) in [7, 11) is 0. The second-order valence-corrected chi connectivity index (χ2v) is 7.43. The zero-order valence-corrected chi connectivity index (χ0v) is 14.6. The minimum absolute atomic E-state index is 0.0522. The van der Waals surface area contributed by atoms with Crippen LogP contribution in [0.15, 0.2) is 6.07 Å². The van der Waals surface area contributed by atoms with E-state index in [1.165, 1.54) is 25.3 Å². The second-order valence-electron chi connectivity index (χ2n) is 7.43. The minimum Gasteiger partial charge on any atom is -0.390 e. The Balaban J connectivity index is 1.69. The number of rotatable bonds is 3. The number of amides is 1. The standard InChI is InChI=1S/C18H29N3O2/c1-13-10-16(14(2)21(13)19-15(3)22)11-20-9-8-18(23)7-5-4-6-17(18)12-20/h10,17,23H,4-9,11-12H2,1-3H3,(H,19,22)/t17-,18-/m0/s1. The van der Waals surface area contributed by atoms with E-state index in [4.69, 9.17) is 0 Å². The van der Waals surface area contributed by atoms with Gasteiger partial charge in [0, 0.05) is 43.9 Å². The summed E-state index contributed by atoms with van der Waals surface area (Å²) in [6.45, 7) is 8.44. The summed E-state index contributed by atoms with van der Waals surface area (Å²) >= 11 is 0. The lowest BCUT2D eigenvalue weighted by Gasteiger charge is -2.47. The number of hydrogen-bond acceptors (Lipinski definition) is 3. The lowest BCUT2D eigenvalue weighted by atomic mass is 9.71. The van der Waals surface area contributed by atoms with Gasteiger partial charge in [0.25, 0.3) is 0 Å². The van der Waals surface area contributed by atoms with E-state index in [0.29, 0.717) is 5.92 Å². The summed E-state index contributed by atoms with van der Waals surface area (Å²) in [5.41, 5.74) is 5.87. The van der Waals surface area contributed by atoms with E-state index in [2.05, 4.69) is 23.3 Å². The van der Waals surface area contributed by atoms with Gasteiger partial charge in [-0.3, -0.25) is 19.8 Å². The molecule has 1 saturated carbocycles. The van der Waals surface area contributed by atoms with Crippen molar-refractivity contribution in [3.63, 3.8) is 0 Å². The predicted molar refractivity (Wildman–Crippen MR) is 90.7 cm³/mol. The molecule has 1 aliphatic heterocycles. The molecule has 0 radical (unpaired) electrons. The van der Waals surface area contributed by atoms with Crippen molar-refractivity contribution in [3.8, 4) is 0 Å². The van der Waals surface area contributed by atoms with Crippen LogP contribution in [0.25, 0.3) is 0 Å². The number of likely N-dealkylation sites (tertiary alicyclic amines) is 1. The summed E-state index contributed by atoms with van der Waals surface area (Å²) in [4.78, 5) is 13.8. The molecule has 1 amide bonds. The number of aliphatic hydroxyl groups is 1. The van der Waals surface area contributed by atoms with Crippen molar-refractivity contribution in [2.24, 2.45) is 5.92 Å². The highest BCUT2D eigenvalue weighted by molar-refractivity contribution is 5.81. The fraction of sp³-hybridized carbons (Fsp3) is 0.722. The molecule has 1 aromatic heterocycles. The average molecular weight is 319 g/mol. The Hall–Kier alpha value is -1.33. The highest BCUT2D eigenvalue weighted by Gasteiger charge is 2.42. The van der Waals surface area contributed by atoms with Gasteiger partial charge in [-0.2, -0.15) is 0 Å². The smallest absolute Gasteiger partial charge is 0.235 e. The van der Waals surface area contributed by atoms with Crippen LogP contribution in [-0.2, 0) is 11.3 Å². The third kappa shape index (κ3) is 3.31. The first-order valence-corrected chi connectivity index (χ1v) is 8.79. The summed E-state index contributed by atoms with van der Waals surface area (Å²) in [6, 6.07) is 2.16. The molecule has 0 aromatic carbocycles. The molecule has 0 spiro atoms. The van der Waals surface area contributed by atoms with Crippen molar-refractivity contribution >= 4 is 5.91 Å². The van der Waals surface area contributed by atoms with Gasteiger partial charge >= 0.3 is 0 Å². The molecule has 1 aromatic rings. The summed E-state index contributed by atoms with van der Waals surface area (Å²) in [5, 5.41) is 10.8. The molecule has 5 heteroatoms. The largest absolute Gasteiger partial charge is 0.390 e. The third-order valence-electron chi connectivity index (χ3n) is 5.71. The predicted octanol–water partition coefficient (Wildman–Crippen LogP) is 2.32. The van der Waals surface area contributed by atoms with E-state index in [9.17, 15) is 9.90 Å². The van der Waals surface area contributed by atoms with Crippen LogP contribution in [0.4, 0.5) is 0 Å². The Labute approximate surface area is 138 Å². The Kier molecular flexibility index (Phi) is 4.52. The van der Waals surface area contributed by atoms with Crippen LogP contribution in [0.1, 0.15) is 56.0 Å². The van der Waals surface area contributed by atoms with Gasteiger partial charge < -0.3 is 5.11 Å². The van der Waals surface area contributed by atoms with Crippen molar-refractivity contribution in [1.29, 1.82) is 0 Å². The molecule has 23 heavy (non-hydrogen) atoms. The molecule has 5 nitrogen and oxygen atoms in total. The topological polar surface area (TPSA) is 57.5 Å². The van der Waals surface area contributed by atoms with Crippen molar-refractivity contribution in [1.82, 2.24) is 9.58 Å². The van der Waals surface area contributed by atoms with E-state index >= 15 is 0 Å². The minimum atomic E-state index is -0.415. The number of nitrogens with one attached hydrogen (secondary N) is 1. The number of nitrogens with zero attached hydrogens (tertiary/aromatic N) is 2. The van der Waals surface area contributed by atoms with Gasteiger partial charge in [-0.15, -0.1) is 0 Å². The van der Waals surface area contributed by atoms with Gasteiger partial charge in [0.15, 0.2) is 0 Å². The number of fused-ring (bicyclic) bond motifs is 1. The summed E-state index contributed by atoms with van der Waals surface area (Å²) in [5.74, 6) is 0.368. The van der Waals surface area contributed by atoms with Gasteiger partial charge in [-0.05, 0) is 44.7 Å². The first kappa shape index (κ1) is 16.5. The van der Waals surface area contributed by atoms with Crippen LogP contribution in [-0.4, -0.2) is 39.3 Å². The van der Waals surface area contributed by atoms with Gasteiger partial charge in [0.05, 0.1) is 5.60 Å². The zero-order valence-electron chi connectivity index (χ0n) is 14.6. The van der Waals surface area contributed by atoms with Crippen LogP contribution in [0.3, 0.4) is 0 Å². The van der Waals surface area contributed by atoms with Gasteiger partial charge in [0.2, 0.25) is 5.91 Å². The third-order valence-corrected chi connectivity index (χ3v) is 5.71. The normalized spacial score (nSPS) is 28.4. The molecule has 2 heterocycles. The Morgan fingerprint density at radius 1 is 1.39 bits per heavy atom. The Morgan fingerprint density at radius 3 is 2.91 bits per heavy atom. The van der Waals surface area contributed by atoms with Crippen LogP contribution in [0.2, 0.25) is 0 Å². The van der Waals surface area contributed by atoms with E-state index in [1.54, 1.807) is 0 Å². The van der Waals surface area contributed by atoms with Crippen molar-refractivity contribution < 1.29 is 9.90 Å². The average Bonchev–Trinajstić information content (AvgIpc) is 2.75. The molecule has 2 fully saturated rings. The maximum absolute atomic E-state index is 11.3. The molecule has 0 unspecified atom stereocenters. The molecule has 2 aliphatic rings. The quantitative estimate of drug-likeness (QED) is 0.899. The molecule has 1 aliphatic carbocycles. The summed E-state index contributed by atoms with van der Waals surface area (Å²) in [6.07, 6.45) is 5.44. The maximum atomic E-state index is 11.3. The molecule has 0 bridgehead atoms. The van der Waals surface area contributed by atoms with E-state index < -0.39 is 5.60 Å². The fourth-order valence-electron chi connectivity index (χ4n) is 4.34. The highest BCUT2D eigenvalue weighted by atomic mass is 16.3. The lowest BCUT2D eigenvalue weighted by molar-refractivity contribution is -0.115. The van der Waals surface area contributed by atoms with E-state index in [-0.39, 0.29) is 5.91 Å². The van der Waals surface area contributed by atoms with Gasteiger partial charge in [0.1, 0.15) is 0 Å². The maximum Gasteiger partial charge on any atom is 0.235 e. The van der Waals surface area contributed by atoms with Crippen molar-refractivity contribution in [2.75, 3.05) is 18.5 Å². The van der Waals surface area contributed by atoms with Crippen LogP contribution in [0, 0.1) is 19.8 Å². The Bertz CT molecular complexity index is 595. The first-order valence-electron chi connectivity index (χ1n) is 8.79. The molecule has 2 N–H and O–H groups in total. The van der Waals surface area contributed by atoms with Gasteiger partial charge in [-0.1, -0.05) is 12.8 Å². The number of carbonyl (C=O) groups is 1. The number of piperidine rings is 1. The summed E-state index contributed by atoms with van der Waals surface area (Å²) < 4.78 is 1.87. The molecular formula is C18H29N3O2. The molecule has 128 valence electrons. The molecular weight excluding hydrogens is 290 g/mol. The number of aryl methyl sites for hydroxylation is 1. The number of hydrogen-bond donors (Lipinski definition) is 2. The number of carbonyl (C=O) groups excluding carboxylic acids is 1. The van der Waals surface area contributed by atoms with Crippen LogP contribution in [0.5, 0.6) is 0 Å². The molecule has 3 rings (SSSR count). The van der Waals surface area contributed by atoms with Crippen molar-refractivity contribution in [2.45, 2.75) is 65.0 Å².